The summed E-state index contributed by atoms with van der Waals surface area (Å²) in [5.74, 6) is -0.778. The fourth-order valence-corrected chi connectivity index (χ4v) is 3.52. The maximum Gasteiger partial charge on any atom is 0.339 e. The monoisotopic (exact) mass is 452 g/mol. The SMILES string of the molecule is CCCN1C(=O)C(C#N)=C(C)/C(=C\c2ccc(-c3ccc(Cl)c(C(=O)OCC)c3)o2)C1=O. The Kier molecular flexibility index (Phi) is 6.96. The van der Waals surface area contributed by atoms with Gasteiger partial charge in [0.15, 0.2) is 0 Å². The molecule has 2 aromatic rings. The van der Waals surface area contributed by atoms with Gasteiger partial charge < -0.3 is 9.15 Å². The number of amides is 2. The normalized spacial score (nSPS) is 15.3. The highest BCUT2D eigenvalue weighted by molar-refractivity contribution is 6.33. The van der Waals surface area contributed by atoms with Gasteiger partial charge in [-0.1, -0.05) is 18.5 Å². The zero-order valence-corrected chi connectivity index (χ0v) is 18.7. The highest BCUT2D eigenvalue weighted by atomic mass is 35.5. The smallest absolute Gasteiger partial charge is 0.339 e. The predicted molar refractivity (Wildman–Crippen MR) is 118 cm³/mol. The van der Waals surface area contributed by atoms with Crippen molar-refractivity contribution in [3.05, 3.63) is 63.4 Å². The van der Waals surface area contributed by atoms with Gasteiger partial charge in [0.05, 0.1) is 17.2 Å². The first-order valence-corrected chi connectivity index (χ1v) is 10.5. The standard InChI is InChI=1S/C24H21ClN2O5/c1-4-10-27-22(28)17(14(3)19(13-26)23(27)29)12-16-7-9-21(32-16)15-6-8-20(25)18(11-15)24(30)31-5-2/h6-9,11-12H,4-5,10H2,1-3H3/b17-12+. The van der Waals surface area contributed by atoms with Crippen LogP contribution in [0.4, 0.5) is 0 Å². The third-order valence-electron chi connectivity index (χ3n) is 4.93. The van der Waals surface area contributed by atoms with Gasteiger partial charge in [0.1, 0.15) is 23.2 Å². The number of nitrogens with zero attached hydrogens (tertiary/aromatic N) is 2. The summed E-state index contributed by atoms with van der Waals surface area (Å²) in [6.45, 7) is 5.56. The lowest BCUT2D eigenvalue weighted by Crippen LogP contribution is -2.43. The van der Waals surface area contributed by atoms with E-state index < -0.39 is 17.8 Å². The molecule has 2 heterocycles. The zero-order chi connectivity index (χ0) is 23.4. The van der Waals surface area contributed by atoms with Gasteiger partial charge in [-0.2, -0.15) is 5.26 Å². The molecule has 0 fully saturated rings. The van der Waals surface area contributed by atoms with Crippen LogP contribution >= 0.6 is 11.6 Å². The number of hydrogen-bond donors (Lipinski definition) is 0. The summed E-state index contributed by atoms with van der Waals surface area (Å²) in [6.07, 6.45) is 2.09. The van der Waals surface area contributed by atoms with Gasteiger partial charge in [0.2, 0.25) is 0 Å². The highest BCUT2D eigenvalue weighted by Crippen LogP contribution is 2.31. The van der Waals surface area contributed by atoms with Crippen molar-refractivity contribution >= 4 is 35.5 Å². The first-order chi connectivity index (χ1) is 15.3. The number of imide groups is 1. The van der Waals surface area contributed by atoms with Crippen molar-refractivity contribution in [2.75, 3.05) is 13.2 Å². The van der Waals surface area contributed by atoms with Crippen molar-refractivity contribution in [3.8, 4) is 17.4 Å². The van der Waals surface area contributed by atoms with Crippen LogP contribution < -0.4 is 0 Å². The van der Waals surface area contributed by atoms with Crippen molar-refractivity contribution < 1.29 is 23.5 Å². The predicted octanol–water partition coefficient (Wildman–Crippen LogP) is 4.78. The first kappa shape index (κ1) is 23.0. The number of carbonyl (C=O) groups excluding carboxylic acids is 3. The molecule has 3 rings (SSSR count). The van der Waals surface area contributed by atoms with Gasteiger partial charge in [0, 0.05) is 17.7 Å². The Morgan fingerprint density at radius 3 is 2.62 bits per heavy atom. The molecule has 1 aliphatic rings. The van der Waals surface area contributed by atoms with E-state index in [2.05, 4.69) is 0 Å². The molecule has 0 atom stereocenters. The van der Waals surface area contributed by atoms with Crippen LogP contribution in [0.2, 0.25) is 5.02 Å². The lowest BCUT2D eigenvalue weighted by atomic mass is 9.94. The average molecular weight is 453 g/mol. The molecule has 1 aromatic carbocycles. The molecule has 8 heteroatoms. The summed E-state index contributed by atoms with van der Waals surface area (Å²) in [7, 11) is 0. The van der Waals surface area contributed by atoms with E-state index >= 15 is 0 Å². The van der Waals surface area contributed by atoms with E-state index in [1.807, 2.05) is 13.0 Å². The number of benzene rings is 1. The number of halogens is 1. The Hall–Kier alpha value is -3.63. The molecule has 32 heavy (non-hydrogen) atoms. The van der Waals surface area contributed by atoms with Gasteiger partial charge in [0.25, 0.3) is 11.8 Å². The van der Waals surface area contributed by atoms with E-state index in [-0.39, 0.29) is 34.9 Å². The Morgan fingerprint density at radius 1 is 1.22 bits per heavy atom. The van der Waals surface area contributed by atoms with E-state index in [9.17, 15) is 19.6 Å². The summed E-state index contributed by atoms with van der Waals surface area (Å²) in [4.78, 5) is 38.5. The Balaban J connectivity index is 2.00. The number of esters is 1. The number of rotatable bonds is 6. The van der Waals surface area contributed by atoms with Crippen LogP contribution in [0.3, 0.4) is 0 Å². The molecular weight excluding hydrogens is 432 g/mol. The molecule has 0 bridgehead atoms. The van der Waals surface area contributed by atoms with E-state index in [0.29, 0.717) is 29.1 Å². The second-order valence-corrected chi connectivity index (χ2v) is 7.46. The topological polar surface area (TPSA) is 101 Å². The van der Waals surface area contributed by atoms with E-state index in [0.717, 1.165) is 4.90 Å². The van der Waals surface area contributed by atoms with Crippen LogP contribution in [0.1, 0.15) is 43.3 Å². The molecule has 1 aliphatic heterocycles. The summed E-state index contributed by atoms with van der Waals surface area (Å²) < 4.78 is 10.9. The molecule has 2 amide bonds. The van der Waals surface area contributed by atoms with Crippen LogP contribution in [0.15, 0.2) is 51.5 Å². The minimum atomic E-state index is -0.582. The zero-order valence-electron chi connectivity index (χ0n) is 17.9. The lowest BCUT2D eigenvalue weighted by molar-refractivity contribution is -0.140. The first-order valence-electron chi connectivity index (χ1n) is 10.1. The van der Waals surface area contributed by atoms with Gasteiger partial charge in [-0.25, -0.2) is 4.79 Å². The molecule has 0 saturated carbocycles. The summed E-state index contributed by atoms with van der Waals surface area (Å²) in [6, 6.07) is 10.1. The van der Waals surface area contributed by atoms with Gasteiger partial charge in [-0.05, 0) is 62.2 Å². The molecule has 0 unspecified atom stereocenters. The molecule has 0 aliphatic carbocycles. The second kappa shape index (κ2) is 9.67. The van der Waals surface area contributed by atoms with Crippen molar-refractivity contribution in [3.63, 3.8) is 0 Å². The molecule has 0 N–H and O–H groups in total. The lowest BCUT2D eigenvalue weighted by Gasteiger charge is -2.26. The molecule has 1 aromatic heterocycles. The van der Waals surface area contributed by atoms with Crippen LogP contribution in [-0.4, -0.2) is 35.8 Å². The number of furan rings is 1. The summed E-state index contributed by atoms with van der Waals surface area (Å²) >= 11 is 6.12. The van der Waals surface area contributed by atoms with Crippen molar-refractivity contribution in [1.82, 2.24) is 4.90 Å². The maximum absolute atomic E-state index is 12.9. The van der Waals surface area contributed by atoms with Crippen LogP contribution in [-0.2, 0) is 14.3 Å². The fourth-order valence-electron chi connectivity index (χ4n) is 3.33. The highest BCUT2D eigenvalue weighted by Gasteiger charge is 2.35. The quantitative estimate of drug-likeness (QED) is 0.355. The molecule has 0 saturated heterocycles. The molecular formula is C24H21ClN2O5. The largest absolute Gasteiger partial charge is 0.462 e. The number of hydrogen-bond acceptors (Lipinski definition) is 6. The van der Waals surface area contributed by atoms with Crippen LogP contribution in [0.25, 0.3) is 17.4 Å². The van der Waals surface area contributed by atoms with Crippen molar-refractivity contribution in [1.29, 1.82) is 5.26 Å². The number of carbonyl (C=O) groups is 3. The van der Waals surface area contributed by atoms with Gasteiger partial charge in [-0.3, -0.25) is 14.5 Å². The van der Waals surface area contributed by atoms with Gasteiger partial charge >= 0.3 is 5.97 Å². The Bertz CT molecular complexity index is 1200. The minimum absolute atomic E-state index is 0.0622. The molecule has 164 valence electrons. The fraction of sp³-hybridized carbons (Fsp3) is 0.250. The number of ether oxygens (including phenoxy) is 1. The minimum Gasteiger partial charge on any atom is -0.462 e. The average Bonchev–Trinajstić information content (AvgIpc) is 3.24. The van der Waals surface area contributed by atoms with Crippen molar-refractivity contribution in [2.45, 2.75) is 27.2 Å². The molecule has 0 spiro atoms. The van der Waals surface area contributed by atoms with Crippen LogP contribution in [0, 0.1) is 11.3 Å². The third-order valence-corrected chi connectivity index (χ3v) is 5.26. The summed E-state index contributed by atoms with van der Waals surface area (Å²) in [5, 5.41) is 9.67. The van der Waals surface area contributed by atoms with Crippen LogP contribution in [0.5, 0.6) is 0 Å². The Morgan fingerprint density at radius 2 is 1.97 bits per heavy atom. The Labute approximate surface area is 190 Å². The number of nitriles is 1. The van der Waals surface area contributed by atoms with E-state index in [4.69, 9.17) is 20.8 Å². The van der Waals surface area contributed by atoms with Crippen molar-refractivity contribution in [2.24, 2.45) is 0 Å². The third kappa shape index (κ3) is 4.36. The maximum atomic E-state index is 12.9. The van der Waals surface area contributed by atoms with Gasteiger partial charge in [-0.15, -0.1) is 0 Å². The van der Waals surface area contributed by atoms with E-state index in [1.54, 1.807) is 44.2 Å². The van der Waals surface area contributed by atoms with E-state index in [1.165, 1.54) is 6.08 Å². The summed E-state index contributed by atoms with van der Waals surface area (Å²) in [5.41, 5.74) is 1.29. The molecule has 0 radical (unpaired) electrons. The molecule has 7 nitrogen and oxygen atoms in total. The second-order valence-electron chi connectivity index (χ2n) is 7.05.